The first kappa shape index (κ1) is 24.6. The van der Waals surface area contributed by atoms with Crippen molar-refractivity contribution in [1.82, 2.24) is 15.2 Å². The summed E-state index contributed by atoms with van der Waals surface area (Å²) in [7, 11) is 0. The topological polar surface area (TPSA) is 63.7 Å². The molecular weight excluding hydrogens is 455 g/mol. The lowest BCUT2D eigenvalue weighted by Crippen LogP contribution is -2.44. The van der Waals surface area contributed by atoms with Gasteiger partial charge in [0.25, 0.3) is 5.19 Å². The first-order valence-electron chi connectivity index (χ1n) is 11.9. The van der Waals surface area contributed by atoms with Crippen LogP contribution in [0.5, 0.6) is 5.19 Å². The molecule has 2 bridgehead atoms. The minimum Gasteiger partial charge on any atom is -0.460 e. The van der Waals surface area contributed by atoms with Crippen LogP contribution in [-0.4, -0.2) is 53.5 Å². The average molecular weight is 490 g/mol. The van der Waals surface area contributed by atoms with E-state index in [4.69, 9.17) is 9.47 Å². The highest BCUT2D eigenvalue weighted by atomic mass is 32.1. The molecule has 1 N–H and O–H groups in total. The Morgan fingerprint density at radius 3 is 2.55 bits per heavy atom. The summed E-state index contributed by atoms with van der Waals surface area (Å²) in [6.45, 7) is 6.87. The summed E-state index contributed by atoms with van der Waals surface area (Å²) < 4.78 is 47.5. The van der Waals surface area contributed by atoms with Crippen LogP contribution in [0.3, 0.4) is 0 Å². The number of nitrogens with one attached hydrogen (secondary N) is 1. The van der Waals surface area contributed by atoms with Crippen LogP contribution in [0, 0.1) is 17.8 Å². The van der Waals surface area contributed by atoms with E-state index in [9.17, 15) is 18.0 Å². The van der Waals surface area contributed by atoms with Gasteiger partial charge in [-0.05, 0) is 83.6 Å². The quantitative estimate of drug-likeness (QED) is 0.598. The predicted octanol–water partition coefficient (Wildman–Crippen LogP) is 5.16. The first-order valence-corrected chi connectivity index (χ1v) is 12.7. The van der Waals surface area contributed by atoms with E-state index in [1.54, 1.807) is 0 Å². The molecule has 6 nitrogen and oxygen atoms in total. The third-order valence-electron chi connectivity index (χ3n) is 6.94. The summed E-state index contributed by atoms with van der Waals surface area (Å²) in [5.74, 6) is 1.93. The molecule has 0 spiro atoms. The minimum absolute atomic E-state index is 0.119. The summed E-state index contributed by atoms with van der Waals surface area (Å²) in [4.78, 5) is 19.9. The van der Waals surface area contributed by atoms with Crippen molar-refractivity contribution in [3.63, 3.8) is 0 Å². The number of hydrogen-bond acceptors (Lipinski definition) is 6. The van der Waals surface area contributed by atoms with Gasteiger partial charge in [0.2, 0.25) is 0 Å². The van der Waals surface area contributed by atoms with E-state index in [1.165, 1.54) is 24.2 Å². The molecule has 1 aromatic heterocycles. The van der Waals surface area contributed by atoms with Crippen LogP contribution in [0.1, 0.15) is 63.4 Å². The minimum atomic E-state index is -4.35. The number of fused-ring (bicyclic) bond motifs is 3. The molecule has 2 fully saturated rings. The highest BCUT2D eigenvalue weighted by Crippen LogP contribution is 2.48. The zero-order valence-electron chi connectivity index (χ0n) is 19.5. The normalized spacial score (nSPS) is 27.8. The number of carbonyl (C=O) groups excluding carboxylic acids is 1. The Hall–Kier alpha value is -1.55. The molecule has 3 aliphatic rings. The van der Waals surface area contributed by atoms with Crippen molar-refractivity contribution in [3.8, 4) is 5.19 Å². The van der Waals surface area contributed by atoms with Crippen LogP contribution < -0.4 is 10.1 Å². The predicted molar refractivity (Wildman–Crippen MR) is 119 cm³/mol. The van der Waals surface area contributed by atoms with Crippen LogP contribution >= 0.6 is 11.3 Å². The highest BCUT2D eigenvalue weighted by Gasteiger charge is 2.43. The Labute approximate surface area is 197 Å². The van der Waals surface area contributed by atoms with Gasteiger partial charge in [0.05, 0.1) is 5.69 Å². The number of hydrogen-bond donors (Lipinski definition) is 1. The fourth-order valence-electron chi connectivity index (χ4n) is 5.67. The lowest BCUT2D eigenvalue weighted by Gasteiger charge is -2.37. The van der Waals surface area contributed by atoms with Crippen LogP contribution in [0.4, 0.5) is 18.0 Å². The molecule has 2 aliphatic carbocycles. The van der Waals surface area contributed by atoms with E-state index in [0.717, 1.165) is 49.3 Å². The highest BCUT2D eigenvalue weighted by molar-refractivity contribution is 7.13. The molecule has 33 heavy (non-hydrogen) atoms. The number of rotatable bonds is 6. The van der Waals surface area contributed by atoms with Crippen molar-refractivity contribution in [2.45, 2.75) is 83.7 Å². The SMILES string of the molecule is CC(C)(C)OC(=O)NC1CC2CCC(C1)C2CCN1CCc2sc(OCC(F)(F)F)nc2C1. The number of halogens is 3. The van der Waals surface area contributed by atoms with E-state index in [1.807, 2.05) is 20.8 Å². The molecule has 186 valence electrons. The van der Waals surface area contributed by atoms with Gasteiger partial charge >= 0.3 is 12.3 Å². The van der Waals surface area contributed by atoms with Crippen molar-refractivity contribution >= 4 is 17.4 Å². The van der Waals surface area contributed by atoms with Crippen LogP contribution in [0.2, 0.25) is 0 Å². The molecule has 2 saturated carbocycles. The van der Waals surface area contributed by atoms with Gasteiger partial charge in [-0.3, -0.25) is 4.90 Å². The number of ether oxygens (including phenoxy) is 2. The fourth-order valence-corrected chi connectivity index (χ4v) is 6.58. The van der Waals surface area contributed by atoms with Crippen molar-refractivity contribution in [2.75, 3.05) is 19.7 Å². The maximum atomic E-state index is 12.4. The molecule has 0 aromatic carbocycles. The van der Waals surface area contributed by atoms with Gasteiger partial charge in [-0.15, -0.1) is 0 Å². The number of nitrogens with zero attached hydrogens (tertiary/aromatic N) is 2. The third-order valence-corrected chi connectivity index (χ3v) is 8.01. The van der Waals surface area contributed by atoms with Gasteiger partial charge in [-0.2, -0.15) is 13.2 Å². The van der Waals surface area contributed by atoms with Gasteiger partial charge in [0, 0.05) is 24.0 Å². The van der Waals surface area contributed by atoms with Gasteiger partial charge in [0.15, 0.2) is 6.61 Å². The maximum Gasteiger partial charge on any atom is 0.422 e. The second kappa shape index (κ2) is 9.60. The molecular formula is C23H34F3N3O3S. The molecule has 4 rings (SSSR count). The second-order valence-corrected chi connectivity index (χ2v) is 11.7. The van der Waals surface area contributed by atoms with Crippen LogP contribution in [0.15, 0.2) is 0 Å². The Morgan fingerprint density at radius 2 is 1.91 bits per heavy atom. The first-order chi connectivity index (χ1) is 15.4. The van der Waals surface area contributed by atoms with Crippen LogP contribution in [-0.2, 0) is 17.7 Å². The second-order valence-electron chi connectivity index (χ2n) is 10.6. The molecule has 1 aliphatic heterocycles. The molecule has 2 atom stereocenters. The zero-order valence-corrected chi connectivity index (χ0v) is 20.4. The molecule has 2 heterocycles. The largest absolute Gasteiger partial charge is 0.460 e. The van der Waals surface area contributed by atoms with Gasteiger partial charge in [0.1, 0.15) is 5.60 Å². The summed E-state index contributed by atoms with van der Waals surface area (Å²) in [6, 6.07) is 0.191. The Morgan fingerprint density at radius 1 is 1.21 bits per heavy atom. The van der Waals surface area contributed by atoms with E-state index >= 15 is 0 Å². The van der Waals surface area contributed by atoms with E-state index in [-0.39, 0.29) is 17.3 Å². The van der Waals surface area contributed by atoms with E-state index < -0.39 is 18.4 Å². The molecule has 2 unspecified atom stereocenters. The van der Waals surface area contributed by atoms with Gasteiger partial charge in [-0.1, -0.05) is 11.3 Å². The number of carbonyl (C=O) groups is 1. The number of amides is 1. The zero-order chi connectivity index (χ0) is 23.8. The fraction of sp³-hybridized carbons (Fsp3) is 0.826. The Bertz CT molecular complexity index is 825. The van der Waals surface area contributed by atoms with Gasteiger partial charge in [-0.25, -0.2) is 9.78 Å². The molecule has 10 heteroatoms. The van der Waals surface area contributed by atoms with Crippen LogP contribution in [0.25, 0.3) is 0 Å². The standard InChI is InChI=1S/C23H34F3N3O3S/c1-22(2,3)32-20(30)27-16-10-14-4-5-15(11-16)17(14)6-8-29-9-7-19-18(12-29)28-21(33-19)31-13-23(24,25)26/h14-17H,4-13H2,1-3H3,(H,27,30). The van der Waals surface area contributed by atoms with Crippen molar-refractivity contribution in [3.05, 3.63) is 10.6 Å². The molecule has 1 aromatic rings. The Balaban J connectivity index is 1.24. The van der Waals surface area contributed by atoms with Gasteiger partial charge < -0.3 is 14.8 Å². The number of alkyl halides is 3. The van der Waals surface area contributed by atoms with Crippen molar-refractivity contribution in [1.29, 1.82) is 0 Å². The smallest absolute Gasteiger partial charge is 0.422 e. The van der Waals surface area contributed by atoms with Crippen molar-refractivity contribution in [2.24, 2.45) is 17.8 Å². The lowest BCUT2D eigenvalue weighted by molar-refractivity contribution is -0.153. The number of thiazole rings is 1. The summed E-state index contributed by atoms with van der Waals surface area (Å²) in [5.41, 5.74) is 0.369. The number of alkyl carbamates (subject to hydrolysis) is 1. The molecule has 1 amide bonds. The number of aromatic nitrogens is 1. The summed E-state index contributed by atoms with van der Waals surface area (Å²) >= 11 is 1.24. The van der Waals surface area contributed by atoms with E-state index in [2.05, 4.69) is 15.2 Å². The summed E-state index contributed by atoms with van der Waals surface area (Å²) in [5, 5.41) is 3.19. The average Bonchev–Trinajstić information content (AvgIpc) is 3.19. The molecule has 0 radical (unpaired) electrons. The third kappa shape index (κ3) is 6.74. The summed E-state index contributed by atoms with van der Waals surface area (Å²) in [6.07, 6.45) is 1.71. The lowest BCUT2D eigenvalue weighted by atomic mass is 9.74. The van der Waals surface area contributed by atoms with E-state index in [0.29, 0.717) is 24.3 Å². The monoisotopic (exact) mass is 489 g/mol. The molecule has 0 saturated heterocycles. The Kier molecular flexibility index (Phi) is 7.15. The maximum absolute atomic E-state index is 12.4. The van der Waals surface area contributed by atoms with Crippen molar-refractivity contribution < 1.29 is 27.4 Å².